The Balaban J connectivity index is 2.95. The second-order valence-corrected chi connectivity index (χ2v) is 4.51. The molecule has 2 atom stereocenters. The van der Waals surface area contributed by atoms with Crippen molar-refractivity contribution in [2.24, 2.45) is 0 Å². The highest BCUT2D eigenvalue weighted by Crippen LogP contribution is 2.23. The summed E-state index contributed by atoms with van der Waals surface area (Å²) in [6, 6.07) is 6.93. The molecule has 0 fully saturated rings. The van der Waals surface area contributed by atoms with E-state index in [0.29, 0.717) is 0 Å². The van der Waals surface area contributed by atoms with E-state index in [-0.39, 0.29) is 12.1 Å². The Labute approximate surface area is 105 Å². The molecule has 0 heterocycles. The molecular formula is C15H25NO. The van der Waals surface area contributed by atoms with Gasteiger partial charge in [0.05, 0.1) is 12.1 Å². The van der Waals surface area contributed by atoms with Gasteiger partial charge in [-0.15, -0.1) is 0 Å². The maximum atomic E-state index is 5.81. The molecule has 0 aliphatic heterocycles. The molecule has 0 bridgehead atoms. The van der Waals surface area contributed by atoms with E-state index in [4.69, 9.17) is 4.74 Å². The molecule has 2 heteroatoms. The summed E-state index contributed by atoms with van der Waals surface area (Å²) < 4.78 is 5.81. The van der Waals surface area contributed by atoms with E-state index in [1.807, 2.05) is 7.05 Å². The third-order valence-corrected chi connectivity index (χ3v) is 3.36. The second-order valence-electron chi connectivity index (χ2n) is 4.51. The van der Waals surface area contributed by atoms with E-state index in [1.54, 1.807) is 0 Å². The predicted molar refractivity (Wildman–Crippen MR) is 73.4 cm³/mol. The summed E-state index contributed by atoms with van der Waals surface area (Å²) in [5, 5.41) is 3.38. The quantitative estimate of drug-likeness (QED) is 0.816. The molecule has 0 spiro atoms. The van der Waals surface area contributed by atoms with Crippen LogP contribution in [-0.2, 0) is 4.74 Å². The van der Waals surface area contributed by atoms with Gasteiger partial charge in [0.15, 0.2) is 0 Å². The van der Waals surface area contributed by atoms with Crippen molar-refractivity contribution in [3.8, 4) is 0 Å². The van der Waals surface area contributed by atoms with Gasteiger partial charge < -0.3 is 10.1 Å². The predicted octanol–water partition coefficient (Wildman–Crippen LogP) is 3.38. The molecule has 2 nitrogen and oxygen atoms in total. The van der Waals surface area contributed by atoms with Crippen LogP contribution in [0.2, 0.25) is 0 Å². The van der Waals surface area contributed by atoms with Crippen LogP contribution in [0.3, 0.4) is 0 Å². The monoisotopic (exact) mass is 235 g/mol. The molecule has 1 N–H and O–H groups in total. The molecule has 17 heavy (non-hydrogen) atoms. The van der Waals surface area contributed by atoms with Gasteiger partial charge in [-0.25, -0.2) is 0 Å². The fourth-order valence-corrected chi connectivity index (χ4v) is 2.19. The topological polar surface area (TPSA) is 21.3 Å². The molecule has 2 unspecified atom stereocenters. The van der Waals surface area contributed by atoms with Crippen LogP contribution in [0, 0.1) is 13.8 Å². The number of aryl methyl sites for hydroxylation is 2. The zero-order chi connectivity index (χ0) is 12.8. The average Bonchev–Trinajstić information content (AvgIpc) is 2.33. The molecule has 1 aromatic rings. The van der Waals surface area contributed by atoms with Gasteiger partial charge in [0, 0.05) is 6.61 Å². The Kier molecular flexibility index (Phi) is 5.66. The van der Waals surface area contributed by atoms with E-state index in [2.05, 4.69) is 51.2 Å². The standard InChI is InChI=1S/C15H25NO/c1-6-14(17-7-2)15(16-5)13-9-8-11(3)12(4)10-13/h8-10,14-16H,6-7H2,1-5H3. The first kappa shape index (κ1) is 14.2. The Morgan fingerprint density at radius 3 is 2.35 bits per heavy atom. The molecule has 0 saturated carbocycles. The zero-order valence-electron chi connectivity index (χ0n) is 11.7. The fourth-order valence-electron chi connectivity index (χ4n) is 2.19. The summed E-state index contributed by atoms with van der Waals surface area (Å²) in [4.78, 5) is 0. The van der Waals surface area contributed by atoms with Crippen LogP contribution >= 0.6 is 0 Å². The number of rotatable bonds is 6. The highest BCUT2D eigenvalue weighted by atomic mass is 16.5. The normalized spacial score (nSPS) is 14.6. The van der Waals surface area contributed by atoms with Crippen molar-refractivity contribution in [3.05, 3.63) is 34.9 Å². The summed E-state index contributed by atoms with van der Waals surface area (Å²) in [5.41, 5.74) is 4.00. The molecule has 0 aliphatic carbocycles. The first-order valence-electron chi connectivity index (χ1n) is 6.50. The van der Waals surface area contributed by atoms with Crippen molar-refractivity contribution in [1.29, 1.82) is 0 Å². The van der Waals surface area contributed by atoms with Crippen molar-refractivity contribution in [2.45, 2.75) is 46.3 Å². The van der Waals surface area contributed by atoms with Gasteiger partial charge in [-0.05, 0) is 50.9 Å². The number of ether oxygens (including phenoxy) is 1. The number of benzene rings is 1. The molecule has 0 radical (unpaired) electrons. The molecule has 0 amide bonds. The van der Waals surface area contributed by atoms with Crippen molar-refractivity contribution in [3.63, 3.8) is 0 Å². The van der Waals surface area contributed by atoms with Crippen LogP contribution in [0.4, 0.5) is 0 Å². The van der Waals surface area contributed by atoms with Crippen LogP contribution in [-0.4, -0.2) is 19.8 Å². The van der Waals surface area contributed by atoms with E-state index in [0.717, 1.165) is 13.0 Å². The Bertz CT molecular complexity index is 349. The minimum Gasteiger partial charge on any atom is -0.377 e. The van der Waals surface area contributed by atoms with Crippen molar-refractivity contribution >= 4 is 0 Å². The molecule has 96 valence electrons. The van der Waals surface area contributed by atoms with Gasteiger partial charge in [-0.1, -0.05) is 25.1 Å². The van der Waals surface area contributed by atoms with E-state index < -0.39 is 0 Å². The highest BCUT2D eigenvalue weighted by Gasteiger charge is 2.20. The lowest BCUT2D eigenvalue weighted by Crippen LogP contribution is -2.31. The number of hydrogen-bond donors (Lipinski definition) is 1. The van der Waals surface area contributed by atoms with Crippen molar-refractivity contribution in [1.82, 2.24) is 5.32 Å². The van der Waals surface area contributed by atoms with Gasteiger partial charge >= 0.3 is 0 Å². The van der Waals surface area contributed by atoms with Crippen LogP contribution in [0.25, 0.3) is 0 Å². The number of hydrogen-bond acceptors (Lipinski definition) is 2. The minimum atomic E-state index is 0.243. The smallest absolute Gasteiger partial charge is 0.0766 e. The third-order valence-electron chi connectivity index (χ3n) is 3.36. The van der Waals surface area contributed by atoms with E-state index >= 15 is 0 Å². The lowest BCUT2D eigenvalue weighted by atomic mass is 9.96. The Hall–Kier alpha value is -0.860. The Morgan fingerprint density at radius 2 is 1.88 bits per heavy atom. The lowest BCUT2D eigenvalue weighted by molar-refractivity contribution is 0.0334. The molecule has 0 saturated heterocycles. The maximum Gasteiger partial charge on any atom is 0.0766 e. The van der Waals surface area contributed by atoms with Crippen molar-refractivity contribution < 1.29 is 4.74 Å². The number of likely N-dealkylation sites (N-methyl/N-ethyl adjacent to an activating group) is 1. The minimum absolute atomic E-state index is 0.243. The van der Waals surface area contributed by atoms with Gasteiger partial charge in [0.1, 0.15) is 0 Å². The maximum absolute atomic E-state index is 5.81. The number of nitrogens with one attached hydrogen (secondary N) is 1. The molecular weight excluding hydrogens is 210 g/mol. The van der Waals surface area contributed by atoms with Gasteiger partial charge in [-0.3, -0.25) is 0 Å². The van der Waals surface area contributed by atoms with Gasteiger partial charge in [0.25, 0.3) is 0 Å². The van der Waals surface area contributed by atoms with Gasteiger partial charge in [0.2, 0.25) is 0 Å². The van der Waals surface area contributed by atoms with Crippen LogP contribution in [0.5, 0.6) is 0 Å². The van der Waals surface area contributed by atoms with Crippen LogP contribution < -0.4 is 5.32 Å². The zero-order valence-corrected chi connectivity index (χ0v) is 11.7. The second kappa shape index (κ2) is 6.77. The van der Waals surface area contributed by atoms with Crippen LogP contribution in [0.1, 0.15) is 43.0 Å². The lowest BCUT2D eigenvalue weighted by Gasteiger charge is -2.26. The largest absolute Gasteiger partial charge is 0.377 e. The highest BCUT2D eigenvalue weighted by molar-refractivity contribution is 5.32. The molecule has 1 rings (SSSR count). The van der Waals surface area contributed by atoms with Gasteiger partial charge in [-0.2, -0.15) is 0 Å². The van der Waals surface area contributed by atoms with Crippen LogP contribution in [0.15, 0.2) is 18.2 Å². The SMILES string of the molecule is CCOC(CC)C(NC)c1ccc(C)c(C)c1. The summed E-state index contributed by atoms with van der Waals surface area (Å²) >= 11 is 0. The fraction of sp³-hybridized carbons (Fsp3) is 0.600. The first-order chi connectivity index (χ1) is 8.13. The van der Waals surface area contributed by atoms with Crippen molar-refractivity contribution in [2.75, 3.05) is 13.7 Å². The molecule has 0 aliphatic rings. The Morgan fingerprint density at radius 1 is 1.18 bits per heavy atom. The molecule has 1 aromatic carbocycles. The molecule has 0 aromatic heterocycles. The summed E-state index contributed by atoms with van der Waals surface area (Å²) in [6.45, 7) is 9.30. The summed E-state index contributed by atoms with van der Waals surface area (Å²) in [6.07, 6.45) is 1.26. The third kappa shape index (κ3) is 3.55. The first-order valence-corrected chi connectivity index (χ1v) is 6.50. The van der Waals surface area contributed by atoms with E-state index in [1.165, 1.54) is 16.7 Å². The average molecular weight is 235 g/mol. The summed E-state index contributed by atoms with van der Waals surface area (Å²) in [7, 11) is 2.00. The van der Waals surface area contributed by atoms with E-state index in [9.17, 15) is 0 Å². The summed E-state index contributed by atoms with van der Waals surface area (Å²) in [5.74, 6) is 0.